The maximum Gasteiger partial charge on any atom is 0.0415 e. The lowest BCUT2D eigenvalue weighted by molar-refractivity contribution is 0.581. The van der Waals surface area contributed by atoms with Crippen LogP contribution in [-0.4, -0.2) is 8.80 Å². The van der Waals surface area contributed by atoms with Crippen molar-refractivity contribution in [2.75, 3.05) is 0 Å². The minimum absolute atomic E-state index is 0.0169. The molecule has 1 rings (SSSR count). The summed E-state index contributed by atoms with van der Waals surface area (Å²) in [6, 6.07) is 1.52. The lowest BCUT2D eigenvalue weighted by Gasteiger charge is -2.10. The lowest BCUT2D eigenvalue weighted by Crippen LogP contribution is -2.06. The van der Waals surface area contributed by atoms with Crippen LogP contribution in [0.4, 0.5) is 0 Å². The highest BCUT2D eigenvalue weighted by Crippen LogP contribution is 2.34. The van der Waals surface area contributed by atoms with E-state index in [9.17, 15) is 0 Å². The SMILES string of the molecule is C=CC1CCC(C[Si](C)C)C1. The van der Waals surface area contributed by atoms with E-state index in [0.717, 1.165) is 11.8 Å². The minimum atomic E-state index is 0.0169. The van der Waals surface area contributed by atoms with Crippen LogP contribution >= 0.6 is 0 Å². The van der Waals surface area contributed by atoms with Gasteiger partial charge in [0.1, 0.15) is 0 Å². The standard InChI is InChI=1S/C10H19Si/c1-4-9-5-6-10(7-9)8-11(2)3/h4,9-10H,1,5-8H2,2-3H3. The Balaban J connectivity index is 2.24. The first-order valence-corrected chi connectivity index (χ1v) is 7.34. The summed E-state index contributed by atoms with van der Waals surface area (Å²) in [5.41, 5.74) is 0. The highest BCUT2D eigenvalue weighted by molar-refractivity contribution is 6.55. The van der Waals surface area contributed by atoms with Gasteiger partial charge in [-0.15, -0.1) is 6.58 Å². The fourth-order valence-electron chi connectivity index (χ4n) is 2.09. The molecule has 0 aromatic carbocycles. The summed E-state index contributed by atoms with van der Waals surface area (Å²) in [7, 11) is 0.0169. The van der Waals surface area contributed by atoms with Gasteiger partial charge in [0.2, 0.25) is 0 Å². The third-order valence-corrected chi connectivity index (χ3v) is 4.01. The fourth-order valence-corrected chi connectivity index (χ4v) is 3.62. The topological polar surface area (TPSA) is 0 Å². The Hall–Kier alpha value is -0.0431. The van der Waals surface area contributed by atoms with Crippen LogP contribution in [0.1, 0.15) is 19.3 Å². The molecule has 0 nitrogen and oxygen atoms in total. The number of rotatable bonds is 3. The van der Waals surface area contributed by atoms with Crippen molar-refractivity contribution in [3.63, 3.8) is 0 Å². The molecule has 1 aliphatic rings. The maximum atomic E-state index is 3.86. The van der Waals surface area contributed by atoms with Crippen molar-refractivity contribution in [3.8, 4) is 0 Å². The molecule has 1 radical (unpaired) electrons. The lowest BCUT2D eigenvalue weighted by atomic mass is 10.1. The van der Waals surface area contributed by atoms with Crippen LogP contribution in [0.2, 0.25) is 19.1 Å². The summed E-state index contributed by atoms with van der Waals surface area (Å²) in [5, 5.41) is 0. The van der Waals surface area contributed by atoms with Crippen LogP contribution in [0, 0.1) is 11.8 Å². The molecular formula is C10H19Si. The van der Waals surface area contributed by atoms with Gasteiger partial charge in [0.05, 0.1) is 0 Å². The highest BCUT2D eigenvalue weighted by atomic mass is 28.3. The van der Waals surface area contributed by atoms with Gasteiger partial charge in [-0.3, -0.25) is 0 Å². The zero-order valence-electron chi connectivity index (χ0n) is 7.77. The smallest absolute Gasteiger partial charge is 0.0415 e. The summed E-state index contributed by atoms with van der Waals surface area (Å²) in [6.45, 7) is 8.71. The molecule has 1 saturated carbocycles. The molecule has 1 aliphatic carbocycles. The second kappa shape index (κ2) is 4.10. The first-order chi connectivity index (χ1) is 5.22. The first-order valence-electron chi connectivity index (χ1n) is 4.64. The molecule has 0 spiro atoms. The normalized spacial score (nSPS) is 31.2. The second-order valence-electron chi connectivity index (χ2n) is 4.09. The molecule has 1 heteroatoms. The van der Waals surface area contributed by atoms with Gasteiger partial charge in [-0.25, -0.2) is 0 Å². The van der Waals surface area contributed by atoms with E-state index in [1.165, 1.54) is 25.3 Å². The second-order valence-corrected chi connectivity index (χ2v) is 6.91. The Labute approximate surface area is 72.3 Å². The largest absolute Gasteiger partial charge is 0.103 e. The van der Waals surface area contributed by atoms with E-state index in [1.54, 1.807) is 0 Å². The molecule has 0 amide bonds. The van der Waals surface area contributed by atoms with Crippen molar-refractivity contribution < 1.29 is 0 Å². The van der Waals surface area contributed by atoms with Crippen molar-refractivity contribution in [1.82, 2.24) is 0 Å². The predicted octanol–water partition coefficient (Wildman–Crippen LogP) is 3.34. The summed E-state index contributed by atoms with van der Waals surface area (Å²) in [5.74, 6) is 1.89. The van der Waals surface area contributed by atoms with Crippen molar-refractivity contribution in [2.24, 2.45) is 11.8 Å². The molecule has 11 heavy (non-hydrogen) atoms. The van der Waals surface area contributed by atoms with Crippen LogP contribution in [-0.2, 0) is 0 Å². The van der Waals surface area contributed by atoms with Gasteiger partial charge in [-0.05, 0) is 24.7 Å². The Morgan fingerprint density at radius 3 is 2.64 bits per heavy atom. The third kappa shape index (κ3) is 2.82. The average Bonchev–Trinajstić information content (AvgIpc) is 2.34. The van der Waals surface area contributed by atoms with Gasteiger partial charge in [-0.1, -0.05) is 31.6 Å². The molecule has 0 aliphatic heterocycles. The number of hydrogen-bond donors (Lipinski definition) is 0. The monoisotopic (exact) mass is 167 g/mol. The van der Waals surface area contributed by atoms with Gasteiger partial charge in [0, 0.05) is 8.80 Å². The average molecular weight is 167 g/mol. The van der Waals surface area contributed by atoms with E-state index in [1.807, 2.05) is 0 Å². The van der Waals surface area contributed by atoms with E-state index in [4.69, 9.17) is 0 Å². The van der Waals surface area contributed by atoms with E-state index in [-0.39, 0.29) is 8.80 Å². The van der Waals surface area contributed by atoms with Gasteiger partial charge < -0.3 is 0 Å². The molecule has 0 N–H and O–H groups in total. The Morgan fingerprint density at radius 1 is 1.45 bits per heavy atom. The Morgan fingerprint density at radius 2 is 2.18 bits per heavy atom. The van der Waals surface area contributed by atoms with Crippen LogP contribution in [0.25, 0.3) is 0 Å². The Kier molecular flexibility index (Phi) is 3.37. The van der Waals surface area contributed by atoms with Crippen molar-refractivity contribution in [3.05, 3.63) is 12.7 Å². The molecule has 0 aromatic rings. The highest BCUT2D eigenvalue weighted by Gasteiger charge is 2.22. The van der Waals surface area contributed by atoms with Crippen LogP contribution in [0.15, 0.2) is 12.7 Å². The molecule has 0 bridgehead atoms. The van der Waals surface area contributed by atoms with E-state index in [0.29, 0.717) is 0 Å². The minimum Gasteiger partial charge on any atom is -0.103 e. The molecule has 2 unspecified atom stereocenters. The summed E-state index contributed by atoms with van der Waals surface area (Å²) in [6.07, 6.45) is 6.45. The quantitative estimate of drug-likeness (QED) is 0.447. The number of hydrogen-bond acceptors (Lipinski definition) is 0. The van der Waals surface area contributed by atoms with E-state index in [2.05, 4.69) is 25.7 Å². The summed E-state index contributed by atoms with van der Waals surface area (Å²) < 4.78 is 0. The van der Waals surface area contributed by atoms with Crippen LogP contribution in [0.3, 0.4) is 0 Å². The molecule has 0 aromatic heterocycles. The summed E-state index contributed by atoms with van der Waals surface area (Å²) in [4.78, 5) is 0. The van der Waals surface area contributed by atoms with E-state index < -0.39 is 0 Å². The van der Waals surface area contributed by atoms with Crippen LogP contribution in [0.5, 0.6) is 0 Å². The van der Waals surface area contributed by atoms with Crippen molar-refractivity contribution >= 4 is 8.80 Å². The maximum absolute atomic E-state index is 3.86. The molecule has 63 valence electrons. The van der Waals surface area contributed by atoms with Crippen LogP contribution < -0.4 is 0 Å². The van der Waals surface area contributed by atoms with Gasteiger partial charge >= 0.3 is 0 Å². The Bertz CT molecular complexity index is 129. The molecule has 1 fully saturated rings. The van der Waals surface area contributed by atoms with Gasteiger partial charge in [0.15, 0.2) is 0 Å². The zero-order valence-corrected chi connectivity index (χ0v) is 8.77. The molecule has 2 atom stereocenters. The van der Waals surface area contributed by atoms with Gasteiger partial charge in [-0.2, -0.15) is 0 Å². The first kappa shape index (κ1) is 9.05. The summed E-state index contributed by atoms with van der Waals surface area (Å²) >= 11 is 0. The third-order valence-electron chi connectivity index (χ3n) is 2.61. The van der Waals surface area contributed by atoms with Crippen molar-refractivity contribution in [2.45, 2.75) is 38.4 Å². The molecule has 0 heterocycles. The number of allylic oxidation sites excluding steroid dienone is 1. The zero-order chi connectivity index (χ0) is 8.27. The molecular weight excluding hydrogens is 148 g/mol. The van der Waals surface area contributed by atoms with E-state index >= 15 is 0 Å². The molecule has 0 saturated heterocycles. The van der Waals surface area contributed by atoms with Gasteiger partial charge in [0.25, 0.3) is 0 Å². The van der Waals surface area contributed by atoms with Crippen molar-refractivity contribution in [1.29, 1.82) is 0 Å². The predicted molar refractivity (Wildman–Crippen MR) is 53.3 cm³/mol. The fraction of sp³-hybridized carbons (Fsp3) is 0.800.